The molecule has 0 saturated carbocycles. The highest BCUT2D eigenvalue weighted by molar-refractivity contribution is 7.10. The molecule has 21 heavy (non-hydrogen) atoms. The molecule has 1 aromatic rings. The average Bonchev–Trinajstić information content (AvgIpc) is 3.01. The lowest BCUT2D eigenvalue weighted by molar-refractivity contribution is -0.138. The largest absolute Gasteiger partial charge is 0.481 e. The highest BCUT2D eigenvalue weighted by atomic mass is 32.1. The second kappa shape index (κ2) is 5.40. The van der Waals surface area contributed by atoms with Gasteiger partial charge in [-0.25, -0.2) is 0 Å². The zero-order valence-corrected chi connectivity index (χ0v) is 13.1. The van der Waals surface area contributed by atoms with Crippen molar-refractivity contribution in [3.8, 4) is 0 Å². The molecular weight excluding hydrogens is 282 g/mol. The van der Waals surface area contributed by atoms with E-state index in [4.69, 9.17) is 5.11 Å². The van der Waals surface area contributed by atoms with Crippen LogP contribution in [0.3, 0.4) is 0 Å². The van der Waals surface area contributed by atoms with Crippen molar-refractivity contribution in [1.82, 2.24) is 4.90 Å². The summed E-state index contributed by atoms with van der Waals surface area (Å²) in [7, 11) is 0. The summed E-state index contributed by atoms with van der Waals surface area (Å²) in [5, 5.41) is 11.3. The van der Waals surface area contributed by atoms with Crippen LogP contribution in [-0.2, 0) is 11.2 Å². The number of hydrogen-bond donors (Lipinski definition) is 1. The van der Waals surface area contributed by atoms with Crippen molar-refractivity contribution in [2.75, 3.05) is 0 Å². The van der Waals surface area contributed by atoms with E-state index >= 15 is 0 Å². The number of aliphatic carboxylic acids is 1. The van der Waals surface area contributed by atoms with Gasteiger partial charge in [-0.15, -0.1) is 11.3 Å². The Hall–Kier alpha value is -0.870. The number of thiophene rings is 1. The minimum Gasteiger partial charge on any atom is -0.481 e. The molecule has 3 heterocycles. The van der Waals surface area contributed by atoms with E-state index < -0.39 is 5.97 Å². The summed E-state index contributed by atoms with van der Waals surface area (Å²) in [6, 6.07) is 4.21. The SMILES string of the molecule is O=C(O)CC1CC2CCC(C1)N2C1CCCc2sccc21. The molecule has 1 N–H and O–H groups in total. The molecule has 0 amide bonds. The summed E-state index contributed by atoms with van der Waals surface area (Å²) >= 11 is 1.92. The van der Waals surface area contributed by atoms with Crippen LogP contribution < -0.4 is 0 Å². The van der Waals surface area contributed by atoms with Gasteiger partial charge < -0.3 is 5.11 Å². The molecule has 2 saturated heterocycles. The van der Waals surface area contributed by atoms with Crippen molar-refractivity contribution < 1.29 is 9.90 Å². The molecule has 2 fully saturated rings. The predicted octanol–water partition coefficient (Wildman–Crippen LogP) is 3.84. The Morgan fingerprint density at radius 3 is 2.76 bits per heavy atom. The number of fused-ring (bicyclic) bond motifs is 3. The number of hydrogen-bond acceptors (Lipinski definition) is 3. The number of piperidine rings is 1. The minimum absolute atomic E-state index is 0.370. The van der Waals surface area contributed by atoms with Crippen molar-refractivity contribution in [2.45, 2.75) is 69.5 Å². The number of carboxylic acids is 1. The number of carbonyl (C=O) groups is 1. The summed E-state index contributed by atoms with van der Waals surface area (Å²) in [5.74, 6) is -0.215. The van der Waals surface area contributed by atoms with Gasteiger partial charge in [-0.1, -0.05) is 0 Å². The molecule has 4 heteroatoms. The second-order valence-electron chi connectivity index (χ2n) is 6.97. The topological polar surface area (TPSA) is 40.5 Å². The molecule has 1 aromatic heterocycles. The summed E-state index contributed by atoms with van der Waals surface area (Å²) in [5.41, 5.74) is 1.58. The zero-order valence-electron chi connectivity index (χ0n) is 12.3. The Bertz CT molecular complexity index is 527. The van der Waals surface area contributed by atoms with E-state index in [1.807, 2.05) is 11.3 Å². The molecule has 3 aliphatic rings. The Kier molecular flexibility index (Phi) is 3.54. The Morgan fingerprint density at radius 2 is 2.05 bits per heavy atom. The maximum absolute atomic E-state index is 11.0. The van der Waals surface area contributed by atoms with Crippen LogP contribution in [0.15, 0.2) is 11.4 Å². The fraction of sp³-hybridized carbons (Fsp3) is 0.706. The van der Waals surface area contributed by atoms with E-state index in [2.05, 4.69) is 16.3 Å². The predicted molar refractivity (Wildman–Crippen MR) is 83.6 cm³/mol. The second-order valence-corrected chi connectivity index (χ2v) is 7.98. The van der Waals surface area contributed by atoms with E-state index in [9.17, 15) is 4.79 Å². The van der Waals surface area contributed by atoms with Gasteiger partial charge in [0.1, 0.15) is 0 Å². The molecular formula is C17H23NO2S. The van der Waals surface area contributed by atoms with E-state index in [0.717, 1.165) is 12.8 Å². The molecule has 4 rings (SSSR count). The number of aryl methyl sites for hydroxylation is 1. The maximum Gasteiger partial charge on any atom is 0.303 e. The van der Waals surface area contributed by atoms with Gasteiger partial charge in [0.05, 0.1) is 0 Å². The van der Waals surface area contributed by atoms with Gasteiger partial charge in [-0.3, -0.25) is 9.69 Å². The Balaban J connectivity index is 1.55. The third-order valence-corrected chi connectivity index (χ3v) is 6.73. The van der Waals surface area contributed by atoms with Crippen LogP contribution >= 0.6 is 11.3 Å². The number of rotatable bonds is 3. The van der Waals surface area contributed by atoms with Gasteiger partial charge in [0.25, 0.3) is 0 Å². The standard InChI is InChI=1S/C17H23NO2S/c19-17(20)10-11-8-12-4-5-13(9-11)18(12)15-2-1-3-16-14(15)6-7-21-16/h6-7,11-13,15H,1-5,8-10H2,(H,19,20). The normalized spacial score (nSPS) is 35.6. The molecule has 3 nitrogen and oxygen atoms in total. The quantitative estimate of drug-likeness (QED) is 0.922. The molecule has 3 unspecified atom stereocenters. The molecule has 1 aliphatic carbocycles. The van der Waals surface area contributed by atoms with Gasteiger partial charge in [0, 0.05) is 29.4 Å². The van der Waals surface area contributed by atoms with Crippen molar-refractivity contribution in [3.63, 3.8) is 0 Å². The smallest absolute Gasteiger partial charge is 0.303 e. The first-order chi connectivity index (χ1) is 10.2. The Labute approximate surface area is 130 Å². The summed E-state index contributed by atoms with van der Waals surface area (Å²) in [6.45, 7) is 0. The molecule has 2 aliphatic heterocycles. The van der Waals surface area contributed by atoms with Crippen molar-refractivity contribution >= 4 is 17.3 Å². The van der Waals surface area contributed by atoms with Crippen LogP contribution in [-0.4, -0.2) is 28.1 Å². The fourth-order valence-electron chi connectivity index (χ4n) is 5.02. The number of carboxylic acid groups (broad SMARTS) is 1. The van der Waals surface area contributed by atoms with E-state index in [-0.39, 0.29) is 0 Å². The lowest BCUT2D eigenvalue weighted by Gasteiger charge is -2.44. The minimum atomic E-state index is -0.620. The van der Waals surface area contributed by atoms with Crippen LogP contribution in [0, 0.1) is 5.92 Å². The highest BCUT2D eigenvalue weighted by Gasteiger charge is 2.45. The van der Waals surface area contributed by atoms with Crippen LogP contribution in [0.5, 0.6) is 0 Å². The van der Waals surface area contributed by atoms with Gasteiger partial charge in [-0.2, -0.15) is 0 Å². The molecule has 0 spiro atoms. The zero-order chi connectivity index (χ0) is 14.4. The first-order valence-corrected chi connectivity index (χ1v) is 9.16. The number of nitrogens with zero attached hydrogens (tertiary/aromatic N) is 1. The fourth-order valence-corrected chi connectivity index (χ4v) is 6.00. The van der Waals surface area contributed by atoms with E-state index in [1.54, 1.807) is 10.4 Å². The monoisotopic (exact) mass is 305 g/mol. The van der Waals surface area contributed by atoms with Crippen molar-refractivity contribution in [3.05, 3.63) is 21.9 Å². The van der Waals surface area contributed by atoms with Crippen LogP contribution in [0.4, 0.5) is 0 Å². The van der Waals surface area contributed by atoms with Crippen LogP contribution in [0.25, 0.3) is 0 Å². The first-order valence-electron chi connectivity index (χ1n) is 8.28. The van der Waals surface area contributed by atoms with Gasteiger partial charge in [0.2, 0.25) is 0 Å². The van der Waals surface area contributed by atoms with E-state index in [0.29, 0.717) is 30.5 Å². The summed E-state index contributed by atoms with van der Waals surface area (Å²) < 4.78 is 0. The van der Waals surface area contributed by atoms with Crippen molar-refractivity contribution in [1.29, 1.82) is 0 Å². The third-order valence-electron chi connectivity index (χ3n) is 5.73. The van der Waals surface area contributed by atoms with Gasteiger partial charge in [0.15, 0.2) is 0 Å². The highest BCUT2D eigenvalue weighted by Crippen LogP contribution is 2.48. The molecule has 0 radical (unpaired) electrons. The average molecular weight is 305 g/mol. The Morgan fingerprint density at radius 1 is 1.29 bits per heavy atom. The molecule has 0 aromatic carbocycles. The van der Waals surface area contributed by atoms with Crippen molar-refractivity contribution in [2.24, 2.45) is 5.92 Å². The van der Waals surface area contributed by atoms with E-state index in [1.165, 1.54) is 32.1 Å². The molecule has 3 atom stereocenters. The summed E-state index contributed by atoms with van der Waals surface area (Å²) in [4.78, 5) is 15.4. The van der Waals surface area contributed by atoms with Crippen LogP contribution in [0.1, 0.15) is 61.4 Å². The third kappa shape index (κ3) is 2.42. The van der Waals surface area contributed by atoms with Gasteiger partial charge >= 0.3 is 5.97 Å². The first kappa shape index (κ1) is 13.8. The lowest BCUT2D eigenvalue weighted by atomic mass is 9.84. The van der Waals surface area contributed by atoms with Crippen LogP contribution in [0.2, 0.25) is 0 Å². The lowest BCUT2D eigenvalue weighted by Crippen LogP contribution is -2.46. The van der Waals surface area contributed by atoms with Gasteiger partial charge in [-0.05, 0) is 67.9 Å². The summed E-state index contributed by atoms with van der Waals surface area (Å²) in [6.07, 6.45) is 8.97. The molecule has 114 valence electrons. The maximum atomic E-state index is 11.0. The molecule has 2 bridgehead atoms.